The van der Waals surface area contributed by atoms with E-state index in [-0.39, 0.29) is 19.1 Å². The van der Waals surface area contributed by atoms with E-state index in [9.17, 15) is 27.9 Å². The number of halogens is 3. The van der Waals surface area contributed by atoms with Crippen molar-refractivity contribution in [3.8, 4) is 5.75 Å². The third kappa shape index (κ3) is 8.68. The highest BCUT2D eigenvalue weighted by Gasteiger charge is 2.30. The molecule has 3 N–H and O–H groups in total. The maximum Gasteiger partial charge on any atom is 0.517 e. The van der Waals surface area contributed by atoms with Gasteiger partial charge in [0.05, 0.1) is 18.3 Å². The Kier molecular flexibility index (Phi) is 9.88. The number of ether oxygens (including phenoxy) is 3. The number of alkyl halides is 3. The summed E-state index contributed by atoms with van der Waals surface area (Å²) in [4.78, 5) is 23.6. The second kappa shape index (κ2) is 12.4. The lowest BCUT2D eigenvalue weighted by Gasteiger charge is -2.18. The van der Waals surface area contributed by atoms with Crippen molar-refractivity contribution in [3.05, 3.63) is 59.2 Å². The van der Waals surface area contributed by atoms with Gasteiger partial charge in [0.25, 0.3) is 0 Å². The van der Waals surface area contributed by atoms with Crippen LogP contribution in [0.2, 0.25) is 0 Å². The fourth-order valence-electron chi connectivity index (χ4n) is 3.20. The second-order valence-electron chi connectivity index (χ2n) is 7.77. The quantitative estimate of drug-likeness (QED) is 0.466. The Morgan fingerprint density at radius 1 is 1.09 bits per heavy atom. The minimum Gasteiger partial charge on any atom is -0.494 e. The van der Waals surface area contributed by atoms with Crippen LogP contribution in [-0.2, 0) is 33.3 Å². The lowest BCUT2D eigenvalue weighted by Crippen LogP contribution is -2.82. The molecule has 0 saturated carbocycles. The van der Waals surface area contributed by atoms with Gasteiger partial charge in [0.15, 0.2) is 6.10 Å². The summed E-state index contributed by atoms with van der Waals surface area (Å²) in [7, 11) is 0. The van der Waals surface area contributed by atoms with Gasteiger partial charge in [0.2, 0.25) is 0 Å². The number of carboxylic acids is 1. The van der Waals surface area contributed by atoms with Gasteiger partial charge in [-0.3, -0.25) is 0 Å². The van der Waals surface area contributed by atoms with E-state index in [1.807, 2.05) is 6.92 Å². The smallest absolute Gasteiger partial charge is 0.494 e. The number of primary amides is 1. The molecule has 0 aliphatic rings. The average molecular weight is 484 g/mol. The molecule has 34 heavy (non-hydrogen) atoms. The van der Waals surface area contributed by atoms with Gasteiger partial charge in [-0.25, -0.2) is 10.1 Å². The molecule has 0 bridgehead atoms. The zero-order valence-corrected chi connectivity index (χ0v) is 19.2. The minimum absolute atomic E-state index is 0.00431. The number of amides is 1. The van der Waals surface area contributed by atoms with Crippen LogP contribution in [0.1, 0.15) is 37.5 Å². The van der Waals surface area contributed by atoms with Crippen molar-refractivity contribution in [1.82, 2.24) is 0 Å². The summed E-state index contributed by atoms with van der Waals surface area (Å²) in [6.07, 6.45) is -5.92. The van der Waals surface area contributed by atoms with Crippen LogP contribution in [-0.4, -0.2) is 42.6 Å². The second-order valence-corrected chi connectivity index (χ2v) is 7.77. The maximum absolute atomic E-state index is 12.6. The summed E-state index contributed by atoms with van der Waals surface area (Å²) in [5.41, 5.74) is 0.953. The van der Waals surface area contributed by atoms with E-state index in [2.05, 4.69) is 0 Å². The summed E-state index contributed by atoms with van der Waals surface area (Å²) in [5, 5.41) is 10.5. The molecule has 0 heterocycles. The van der Waals surface area contributed by atoms with Crippen LogP contribution in [0.4, 0.5) is 23.7 Å². The molecule has 2 rings (SSSR count). The van der Waals surface area contributed by atoms with Gasteiger partial charge in [-0.05, 0) is 50.1 Å². The lowest BCUT2D eigenvalue weighted by molar-refractivity contribution is -0.482. The molecule has 7 nitrogen and oxygen atoms in total. The Morgan fingerprint density at radius 3 is 2.32 bits per heavy atom. The molecule has 0 aliphatic heterocycles. The van der Waals surface area contributed by atoms with Gasteiger partial charge in [0.1, 0.15) is 18.0 Å². The number of hydrogen-bond acceptors (Lipinski definition) is 5. The molecular formula is C24H29F3NO6+. The van der Waals surface area contributed by atoms with Crippen molar-refractivity contribution in [3.63, 3.8) is 0 Å². The normalized spacial score (nSPS) is 12.4. The molecule has 186 valence electrons. The van der Waals surface area contributed by atoms with Crippen molar-refractivity contribution >= 4 is 17.7 Å². The van der Waals surface area contributed by atoms with Crippen LogP contribution < -0.4 is 10.1 Å². The lowest BCUT2D eigenvalue weighted by atomic mass is 10.0. The molecule has 0 saturated heterocycles. The van der Waals surface area contributed by atoms with Crippen LogP contribution in [0.3, 0.4) is 0 Å². The number of nitrogens with two attached hydrogens (primary N) is 1. The van der Waals surface area contributed by atoms with Crippen molar-refractivity contribution in [2.45, 2.75) is 52.0 Å². The molecule has 1 amide bonds. The molecule has 1 atom stereocenters. The fraction of sp³-hybridized carbons (Fsp3) is 0.417. The zero-order chi connectivity index (χ0) is 25.3. The van der Waals surface area contributed by atoms with E-state index < -0.39 is 29.9 Å². The summed E-state index contributed by atoms with van der Waals surface area (Å²) in [6, 6.07) is 9.46. The van der Waals surface area contributed by atoms with Gasteiger partial charge >= 0.3 is 18.2 Å². The van der Waals surface area contributed by atoms with Crippen LogP contribution in [0.15, 0.2) is 42.5 Å². The predicted octanol–water partition coefficient (Wildman–Crippen LogP) is 4.10. The Balaban J connectivity index is 1.99. The van der Waals surface area contributed by atoms with Crippen LogP contribution in [0.25, 0.3) is 0 Å². The van der Waals surface area contributed by atoms with Crippen LogP contribution in [0, 0.1) is 0 Å². The van der Waals surface area contributed by atoms with Crippen molar-refractivity contribution < 1.29 is 47.4 Å². The van der Waals surface area contributed by atoms with E-state index in [0.29, 0.717) is 24.5 Å². The number of rotatable bonds is 11. The van der Waals surface area contributed by atoms with E-state index in [1.165, 1.54) is 12.1 Å². The summed E-state index contributed by atoms with van der Waals surface area (Å²) in [5.74, 6) is -0.470. The number of carbonyl (C=O) groups is 2. The first-order valence-corrected chi connectivity index (χ1v) is 10.8. The monoisotopic (exact) mass is 484 g/mol. The van der Waals surface area contributed by atoms with Gasteiger partial charge in [-0.1, -0.05) is 12.1 Å². The van der Waals surface area contributed by atoms with E-state index in [0.717, 1.165) is 28.6 Å². The number of carboxylic acid groups (broad SMARTS) is 1. The first-order valence-electron chi connectivity index (χ1n) is 10.8. The van der Waals surface area contributed by atoms with E-state index >= 15 is 0 Å². The molecule has 2 aromatic rings. The standard InChI is InChI=1S/C24H28F3NO6/c1-4-32-20-10-5-16(14-21(22(29)30)34-15(2)3)13-17(20)11-12-33-23(31)28-19-8-6-18(7-9-19)24(25,26)27/h5-10,13,15,21H,4,11-12,14H2,1-3H3,(H,28,31)(H,29,30)/p+1. The topological polar surface area (TPSA) is 98.7 Å². The first kappa shape index (κ1) is 27.1. The van der Waals surface area contributed by atoms with Gasteiger partial charge in [0, 0.05) is 25.0 Å². The van der Waals surface area contributed by atoms with Gasteiger partial charge in [-0.2, -0.15) is 18.0 Å². The summed E-state index contributed by atoms with van der Waals surface area (Å²) >= 11 is 0. The molecule has 0 fully saturated rings. The van der Waals surface area contributed by atoms with Crippen molar-refractivity contribution in [2.75, 3.05) is 13.2 Å². The molecule has 0 aromatic heterocycles. The first-order chi connectivity index (χ1) is 16.0. The number of quaternary nitrogens is 1. The van der Waals surface area contributed by atoms with E-state index in [1.54, 1.807) is 32.0 Å². The number of aliphatic carboxylic acids is 1. The molecule has 0 spiro atoms. The minimum atomic E-state index is -4.45. The highest BCUT2D eigenvalue weighted by Crippen LogP contribution is 2.29. The van der Waals surface area contributed by atoms with Gasteiger partial charge in [-0.15, -0.1) is 0 Å². The summed E-state index contributed by atoms with van der Waals surface area (Å²) in [6.45, 7) is 5.77. The molecule has 1 unspecified atom stereocenters. The van der Waals surface area contributed by atoms with Crippen LogP contribution >= 0.6 is 0 Å². The van der Waals surface area contributed by atoms with E-state index in [4.69, 9.17) is 14.2 Å². The zero-order valence-electron chi connectivity index (χ0n) is 19.2. The maximum atomic E-state index is 12.6. The SMILES string of the molecule is CCOc1ccc(CC(OC(C)C)C(=O)O)cc1CCOC(=O)[NH2+]c1ccc(C(F)(F)F)cc1. The molecule has 10 heteroatoms. The largest absolute Gasteiger partial charge is 0.517 e. The third-order valence-electron chi connectivity index (χ3n) is 4.70. The molecular weight excluding hydrogens is 455 g/mol. The summed E-state index contributed by atoms with van der Waals surface area (Å²) < 4.78 is 54.2. The highest BCUT2D eigenvalue weighted by atomic mass is 19.4. The molecule has 2 aromatic carbocycles. The average Bonchev–Trinajstić information content (AvgIpc) is 2.74. The van der Waals surface area contributed by atoms with Crippen molar-refractivity contribution in [1.29, 1.82) is 0 Å². The van der Waals surface area contributed by atoms with Crippen molar-refractivity contribution in [2.24, 2.45) is 0 Å². The third-order valence-corrected chi connectivity index (χ3v) is 4.70. The Bertz CT molecular complexity index is 960. The fourth-order valence-corrected chi connectivity index (χ4v) is 3.20. The number of carbonyl (C=O) groups excluding carboxylic acids is 1. The Hall–Kier alpha value is -3.11. The molecule has 0 radical (unpaired) electrons. The molecule has 0 aliphatic carbocycles. The van der Waals surface area contributed by atoms with Gasteiger partial charge < -0.3 is 19.3 Å². The van der Waals surface area contributed by atoms with Crippen LogP contribution in [0.5, 0.6) is 5.75 Å². The Labute approximate surface area is 195 Å². The number of benzene rings is 2. The predicted molar refractivity (Wildman–Crippen MR) is 117 cm³/mol. The number of hydrogen-bond donors (Lipinski definition) is 2. The highest BCUT2D eigenvalue weighted by molar-refractivity contribution is 5.72. The Morgan fingerprint density at radius 2 is 1.76 bits per heavy atom.